The Morgan fingerprint density at radius 2 is 2.05 bits per heavy atom. The molecule has 2 heterocycles. The van der Waals surface area contributed by atoms with Gasteiger partial charge >= 0.3 is 0 Å². The fraction of sp³-hybridized carbons (Fsp3) is 0.143. The Balaban J connectivity index is 1.96. The molecule has 0 fully saturated rings. The number of anilines is 2. The molecule has 3 aromatic rings. The van der Waals surface area contributed by atoms with Crippen molar-refractivity contribution >= 4 is 38.5 Å². The van der Waals surface area contributed by atoms with Crippen LogP contribution in [0.3, 0.4) is 0 Å². The molecule has 0 atom stereocenters. The number of halogens is 1. The van der Waals surface area contributed by atoms with Crippen molar-refractivity contribution < 1.29 is 4.42 Å². The van der Waals surface area contributed by atoms with E-state index in [1.54, 1.807) is 6.20 Å². The number of fused-ring (bicyclic) bond motifs is 1. The minimum absolute atomic E-state index is 0.671. The number of rotatable bonds is 2. The lowest BCUT2D eigenvalue weighted by Gasteiger charge is -2.08. The van der Waals surface area contributed by atoms with Crippen molar-refractivity contribution in [1.29, 1.82) is 0 Å². The van der Waals surface area contributed by atoms with E-state index < -0.39 is 0 Å². The molecular formula is C14H12BrN3O. The van der Waals surface area contributed by atoms with E-state index in [-0.39, 0.29) is 0 Å². The molecule has 2 aromatic heterocycles. The van der Waals surface area contributed by atoms with E-state index >= 15 is 0 Å². The van der Waals surface area contributed by atoms with Crippen LogP contribution in [-0.2, 0) is 0 Å². The van der Waals surface area contributed by atoms with Crippen LogP contribution >= 0.6 is 15.9 Å². The zero-order valence-corrected chi connectivity index (χ0v) is 12.2. The number of pyridine rings is 1. The normalized spacial score (nSPS) is 10.9. The van der Waals surface area contributed by atoms with Gasteiger partial charge in [-0.2, -0.15) is 0 Å². The quantitative estimate of drug-likeness (QED) is 0.763. The van der Waals surface area contributed by atoms with Crippen molar-refractivity contribution in [3.8, 4) is 0 Å². The van der Waals surface area contributed by atoms with Crippen LogP contribution in [0.4, 0.5) is 11.5 Å². The van der Waals surface area contributed by atoms with Gasteiger partial charge in [-0.05, 0) is 46.6 Å². The molecule has 0 aliphatic heterocycles. The van der Waals surface area contributed by atoms with Gasteiger partial charge in [0.25, 0.3) is 0 Å². The fourth-order valence-corrected chi connectivity index (χ4v) is 2.37. The smallest absolute Gasteiger partial charge is 0.192 e. The minimum Gasteiger partial charge on any atom is -0.441 e. The van der Waals surface area contributed by atoms with Gasteiger partial charge in [0.15, 0.2) is 11.5 Å². The molecule has 0 saturated heterocycles. The van der Waals surface area contributed by atoms with Crippen molar-refractivity contribution in [2.24, 2.45) is 0 Å². The number of hydrogen-bond acceptors (Lipinski definition) is 4. The number of aromatic nitrogens is 2. The SMILES string of the molecule is Cc1nc2ccc(Nc3ncc(Br)cc3C)cc2o1. The van der Waals surface area contributed by atoms with Crippen LogP contribution in [-0.4, -0.2) is 9.97 Å². The second-order valence-electron chi connectivity index (χ2n) is 4.36. The van der Waals surface area contributed by atoms with Gasteiger partial charge < -0.3 is 9.73 Å². The molecule has 0 saturated carbocycles. The van der Waals surface area contributed by atoms with Crippen LogP contribution in [0.25, 0.3) is 11.1 Å². The van der Waals surface area contributed by atoms with Gasteiger partial charge in [0.1, 0.15) is 11.3 Å². The van der Waals surface area contributed by atoms with E-state index in [4.69, 9.17) is 4.42 Å². The zero-order chi connectivity index (χ0) is 13.4. The third-order valence-electron chi connectivity index (χ3n) is 2.80. The molecule has 96 valence electrons. The summed E-state index contributed by atoms with van der Waals surface area (Å²) in [6.45, 7) is 3.85. The first-order valence-electron chi connectivity index (χ1n) is 5.88. The molecule has 0 aliphatic carbocycles. The minimum atomic E-state index is 0.671. The molecule has 0 amide bonds. The highest BCUT2D eigenvalue weighted by Gasteiger charge is 2.05. The summed E-state index contributed by atoms with van der Waals surface area (Å²) in [4.78, 5) is 8.63. The fourth-order valence-electron chi connectivity index (χ4n) is 1.93. The number of hydrogen-bond donors (Lipinski definition) is 1. The average molecular weight is 318 g/mol. The van der Waals surface area contributed by atoms with Crippen LogP contribution in [0.1, 0.15) is 11.5 Å². The molecule has 1 N–H and O–H groups in total. The van der Waals surface area contributed by atoms with Crippen LogP contribution in [0.2, 0.25) is 0 Å². The Kier molecular flexibility index (Phi) is 2.98. The first kappa shape index (κ1) is 12.2. The van der Waals surface area contributed by atoms with Crippen molar-refractivity contribution in [1.82, 2.24) is 9.97 Å². The Labute approximate surface area is 119 Å². The molecule has 0 spiro atoms. The number of aryl methyl sites for hydroxylation is 2. The molecule has 0 unspecified atom stereocenters. The summed E-state index contributed by atoms with van der Waals surface area (Å²) in [6.07, 6.45) is 1.77. The van der Waals surface area contributed by atoms with Gasteiger partial charge in [-0.15, -0.1) is 0 Å². The van der Waals surface area contributed by atoms with Gasteiger partial charge in [-0.25, -0.2) is 9.97 Å². The van der Waals surface area contributed by atoms with Gasteiger partial charge in [-0.3, -0.25) is 0 Å². The van der Waals surface area contributed by atoms with Crippen LogP contribution in [0.5, 0.6) is 0 Å². The summed E-state index contributed by atoms with van der Waals surface area (Å²) >= 11 is 3.40. The summed E-state index contributed by atoms with van der Waals surface area (Å²) in [5.74, 6) is 1.50. The van der Waals surface area contributed by atoms with E-state index in [9.17, 15) is 0 Å². The second kappa shape index (κ2) is 4.66. The van der Waals surface area contributed by atoms with Gasteiger partial charge in [0, 0.05) is 29.3 Å². The molecule has 19 heavy (non-hydrogen) atoms. The van der Waals surface area contributed by atoms with Gasteiger partial charge in [0.05, 0.1) is 0 Å². The molecule has 0 radical (unpaired) electrons. The predicted molar refractivity (Wildman–Crippen MR) is 78.7 cm³/mol. The summed E-state index contributed by atoms with van der Waals surface area (Å²) < 4.78 is 6.49. The van der Waals surface area contributed by atoms with Crippen LogP contribution in [0, 0.1) is 13.8 Å². The lowest BCUT2D eigenvalue weighted by molar-refractivity contribution is 0.561. The maximum absolute atomic E-state index is 5.52. The first-order chi connectivity index (χ1) is 9.11. The monoisotopic (exact) mass is 317 g/mol. The topological polar surface area (TPSA) is 51.0 Å². The van der Waals surface area contributed by atoms with Crippen LogP contribution in [0.15, 0.2) is 39.4 Å². The standard InChI is InChI=1S/C14H12BrN3O/c1-8-5-10(15)7-16-14(8)18-11-3-4-12-13(6-11)19-9(2)17-12/h3-7H,1-2H3,(H,16,18). The molecule has 5 heteroatoms. The van der Waals surface area contributed by atoms with Crippen molar-refractivity contribution in [3.63, 3.8) is 0 Å². The van der Waals surface area contributed by atoms with Crippen molar-refractivity contribution in [3.05, 3.63) is 46.4 Å². The highest BCUT2D eigenvalue weighted by molar-refractivity contribution is 9.10. The zero-order valence-electron chi connectivity index (χ0n) is 10.6. The van der Waals surface area contributed by atoms with E-state index in [0.29, 0.717) is 5.89 Å². The second-order valence-corrected chi connectivity index (χ2v) is 5.28. The lowest BCUT2D eigenvalue weighted by Crippen LogP contribution is -1.96. The number of oxazole rings is 1. The molecule has 3 rings (SSSR count). The highest BCUT2D eigenvalue weighted by Crippen LogP contribution is 2.24. The Hall–Kier alpha value is -1.88. The maximum Gasteiger partial charge on any atom is 0.192 e. The molecule has 1 aromatic carbocycles. The Morgan fingerprint density at radius 3 is 2.84 bits per heavy atom. The van der Waals surface area contributed by atoms with Gasteiger partial charge in [0.2, 0.25) is 0 Å². The summed E-state index contributed by atoms with van der Waals surface area (Å²) in [5.41, 5.74) is 3.64. The summed E-state index contributed by atoms with van der Waals surface area (Å²) in [7, 11) is 0. The van der Waals surface area contributed by atoms with Crippen LogP contribution < -0.4 is 5.32 Å². The molecular weight excluding hydrogens is 306 g/mol. The predicted octanol–water partition coefficient (Wildman–Crippen LogP) is 4.35. The third-order valence-corrected chi connectivity index (χ3v) is 3.24. The maximum atomic E-state index is 5.52. The average Bonchev–Trinajstić information content (AvgIpc) is 2.72. The van der Waals surface area contributed by atoms with Gasteiger partial charge in [-0.1, -0.05) is 0 Å². The third kappa shape index (κ3) is 2.46. The number of nitrogens with one attached hydrogen (secondary N) is 1. The van der Waals surface area contributed by atoms with Crippen molar-refractivity contribution in [2.75, 3.05) is 5.32 Å². The number of nitrogens with zero attached hydrogens (tertiary/aromatic N) is 2. The number of benzene rings is 1. The van der Waals surface area contributed by atoms with E-state index in [2.05, 4.69) is 31.2 Å². The molecule has 0 bridgehead atoms. The summed E-state index contributed by atoms with van der Waals surface area (Å²) in [5, 5.41) is 3.28. The first-order valence-corrected chi connectivity index (χ1v) is 6.67. The van der Waals surface area contributed by atoms with E-state index in [0.717, 1.165) is 32.6 Å². The molecule has 4 nitrogen and oxygen atoms in total. The van der Waals surface area contributed by atoms with Crippen molar-refractivity contribution in [2.45, 2.75) is 13.8 Å². The van der Waals surface area contributed by atoms with E-state index in [1.807, 2.05) is 38.1 Å². The van der Waals surface area contributed by atoms with E-state index in [1.165, 1.54) is 0 Å². The molecule has 0 aliphatic rings. The lowest BCUT2D eigenvalue weighted by atomic mass is 10.2. The summed E-state index contributed by atoms with van der Waals surface area (Å²) in [6, 6.07) is 7.85. The Morgan fingerprint density at radius 1 is 1.21 bits per heavy atom. The highest BCUT2D eigenvalue weighted by atomic mass is 79.9. The largest absolute Gasteiger partial charge is 0.441 e. The Bertz CT molecular complexity index is 752.